The summed E-state index contributed by atoms with van der Waals surface area (Å²) in [5, 5.41) is 12.5. The third-order valence-corrected chi connectivity index (χ3v) is 5.48. The Hall–Kier alpha value is -1.62. The minimum atomic E-state index is -0.477. The van der Waals surface area contributed by atoms with Crippen molar-refractivity contribution in [3.8, 4) is 0 Å². The zero-order valence-electron chi connectivity index (χ0n) is 14.9. The van der Waals surface area contributed by atoms with E-state index in [2.05, 4.69) is 12.2 Å². The Morgan fingerprint density at radius 3 is 2.50 bits per heavy atom. The molecule has 0 radical (unpaired) electrons. The number of halogens is 1. The summed E-state index contributed by atoms with van der Waals surface area (Å²) in [5.41, 5.74) is 0.0902. The number of aliphatic hydroxyl groups is 1. The fraction of sp³-hybridized carbons (Fsp3) is 0.632. The van der Waals surface area contributed by atoms with Gasteiger partial charge in [-0.05, 0) is 36.3 Å². The molecule has 4 nitrogen and oxygen atoms in total. The van der Waals surface area contributed by atoms with Gasteiger partial charge >= 0.3 is 6.03 Å². The molecule has 0 saturated carbocycles. The van der Waals surface area contributed by atoms with Gasteiger partial charge in [0.25, 0.3) is 0 Å². The van der Waals surface area contributed by atoms with E-state index in [1.165, 1.54) is 6.07 Å². The third kappa shape index (κ3) is 4.07. The van der Waals surface area contributed by atoms with Crippen molar-refractivity contribution in [3.05, 3.63) is 35.6 Å². The van der Waals surface area contributed by atoms with Crippen LogP contribution >= 0.6 is 0 Å². The summed E-state index contributed by atoms with van der Waals surface area (Å²) in [6, 6.07) is 6.58. The molecule has 0 unspecified atom stereocenters. The summed E-state index contributed by atoms with van der Waals surface area (Å²) in [6.07, 6.45) is 2.58. The molecule has 134 valence electrons. The van der Waals surface area contributed by atoms with E-state index < -0.39 is 5.41 Å². The Bertz CT molecular complexity index is 560. The molecule has 0 aliphatic carbocycles. The maximum atomic E-state index is 14.0. The fourth-order valence-electron chi connectivity index (χ4n) is 3.32. The second-order valence-electron chi connectivity index (χ2n) is 7.52. The Morgan fingerprint density at radius 1 is 1.33 bits per heavy atom. The standard InChI is InChI=1S/C19H29FN2O2/c1-4-19(14-23)9-11-22(12-10-19)17(24)21-13-18(2,3)15-7-5-6-8-16(15)20/h5-8,23H,4,9-14H2,1-3H3,(H,21,24). The van der Waals surface area contributed by atoms with Crippen molar-refractivity contribution in [2.24, 2.45) is 5.41 Å². The molecule has 1 aliphatic heterocycles. The Kier molecular flexibility index (Phi) is 5.86. The van der Waals surface area contributed by atoms with Crippen LogP contribution in [0.3, 0.4) is 0 Å². The Balaban J connectivity index is 1.91. The molecule has 1 saturated heterocycles. The molecular formula is C19H29FN2O2. The van der Waals surface area contributed by atoms with Gasteiger partial charge < -0.3 is 15.3 Å². The third-order valence-electron chi connectivity index (χ3n) is 5.48. The highest BCUT2D eigenvalue weighted by atomic mass is 19.1. The predicted octanol–water partition coefficient (Wildman–Crippen LogP) is 3.30. The van der Waals surface area contributed by atoms with Crippen LogP contribution in [0.5, 0.6) is 0 Å². The number of carbonyl (C=O) groups is 1. The molecule has 24 heavy (non-hydrogen) atoms. The smallest absolute Gasteiger partial charge is 0.317 e. The van der Waals surface area contributed by atoms with Crippen LogP contribution in [-0.4, -0.2) is 42.3 Å². The van der Waals surface area contributed by atoms with E-state index in [1.54, 1.807) is 17.0 Å². The molecular weight excluding hydrogens is 307 g/mol. The van der Waals surface area contributed by atoms with Gasteiger partial charge in [-0.25, -0.2) is 9.18 Å². The first-order valence-electron chi connectivity index (χ1n) is 8.72. The Labute approximate surface area is 144 Å². The summed E-state index contributed by atoms with van der Waals surface area (Å²) in [5.74, 6) is -0.245. The number of benzene rings is 1. The topological polar surface area (TPSA) is 52.6 Å². The minimum absolute atomic E-state index is 0.0385. The number of hydrogen-bond acceptors (Lipinski definition) is 2. The number of likely N-dealkylation sites (tertiary alicyclic amines) is 1. The van der Waals surface area contributed by atoms with Gasteiger partial charge in [0, 0.05) is 31.7 Å². The number of piperidine rings is 1. The lowest BCUT2D eigenvalue weighted by Crippen LogP contribution is -2.50. The SMILES string of the molecule is CCC1(CO)CCN(C(=O)NCC(C)(C)c2ccccc2F)CC1. The average molecular weight is 336 g/mol. The molecule has 2 amide bonds. The van der Waals surface area contributed by atoms with E-state index in [1.807, 2.05) is 19.9 Å². The van der Waals surface area contributed by atoms with E-state index in [-0.39, 0.29) is 23.9 Å². The second-order valence-corrected chi connectivity index (χ2v) is 7.52. The van der Waals surface area contributed by atoms with Crippen molar-refractivity contribution in [2.75, 3.05) is 26.2 Å². The molecule has 0 aromatic heterocycles. The van der Waals surface area contributed by atoms with E-state index in [4.69, 9.17) is 0 Å². The van der Waals surface area contributed by atoms with E-state index in [0.717, 1.165) is 19.3 Å². The number of aliphatic hydroxyl groups excluding tert-OH is 1. The van der Waals surface area contributed by atoms with Gasteiger partial charge in [0.1, 0.15) is 5.82 Å². The molecule has 2 rings (SSSR count). The largest absolute Gasteiger partial charge is 0.396 e. The second kappa shape index (κ2) is 7.51. The lowest BCUT2D eigenvalue weighted by Gasteiger charge is -2.40. The molecule has 0 spiro atoms. The maximum Gasteiger partial charge on any atom is 0.317 e. The molecule has 2 N–H and O–H groups in total. The summed E-state index contributed by atoms with van der Waals surface area (Å²) in [7, 11) is 0. The van der Waals surface area contributed by atoms with Gasteiger partial charge in [-0.15, -0.1) is 0 Å². The minimum Gasteiger partial charge on any atom is -0.396 e. The van der Waals surface area contributed by atoms with Gasteiger partial charge in [0.15, 0.2) is 0 Å². The highest BCUT2D eigenvalue weighted by Crippen LogP contribution is 2.34. The van der Waals surface area contributed by atoms with Gasteiger partial charge in [-0.1, -0.05) is 39.0 Å². The summed E-state index contributed by atoms with van der Waals surface area (Å²) in [4.78, 5) is 14.2. The van der Waals surface area contributed by atoms with Crippen molar-refractivity contribution >= 4 is 6.03 Å². The Morgan fingerprint density at radius 2 is 1.96 bits per heavy atom. The molecule has 5 heteroatoms. The van der Waals surface area contributed by atoms with Crippen LogP contribution in [0.4, 0.5) is 9.18 Å². The van der Waals surface area contributed by atoms with Crippen LogP contribution in [-0.2, 0) is 5.41 Å². The first kappa shape index (κ1) is 18.7. The molecule has 0 bridgehead atoms. The van der Waals surface area contributed by atoms with Crippen LogP contribution in [0.1, 0.15) is 45.6 Å². The summed E-state index contributed by atoms with van der Waals surface area (Å²) < 4.78 is 14.0. The number of amides is 2. The molecule has 1 aliphatic rings. The van der Waals surface area contributed by atoms with Crippen molar-refractivity contribution in [1.82, 2.24) is 10.2 Å². The molecule has 1 aromatic carbocycles. The number of hydrogen-bond donors (Lipinski definition) is 2. The van der Waals surface area contributed by atoms with Crippen molar-refractivity contribution in [1.29, 1.82) is 0 Å². The zero-order valence-corrected chi connectivity index (χ0v) is 14.9. The number of nitrogens with zero attached hydrogens (tertiary/aromatic N) is 1. The lowest BCUT2D eigenvalue weighted by molar-refractivity contribution is 0.0518. The van der Waals surface area contributed by atoms with Crippen molar-refractivity contribution in [3.63, 3.8) is 0 Å². The van der Waals surface area contributed by atoms with Gasteiger partial charge in [0.2, 0.25) is 0 Å². The zero-order chi connectivity index (χ0) is 17.8. The molecule has 1 aromatic rings. The van der Waals surface area contributed by atoms with E-state index in [0.29, 0.717) is 25.2 Å². The first-order chi connectivity index (χ1) is 11.3. The lowest BCUT2D eigenvalue weighted by atomic mass is 9.77. The fourth-order valence-corrected chi connectivity index (χ4v) is 3.32. The van der Waals surface area contributed by atoms with Crippen molar-refractivity contribution < 1.29 is 14.3 Å². The highest BCUT2D eigenvalue weighted by Gasteiger charge is 2.34. The molecule has 0 atom stereocenters. The normalized spacial score (nSPS) is 17.6. The summed E-state index contributed by atoms with van der Waals surface area (Å²) in [6.45, 7) is 7.80. The van der Waals surface area contributed by atoms with Crippen LogP contribution in [0.2, 0.25) is 0 Å². The molecule has 1 fully saturated rings. The summed E-state index contributed by atoms with van der Waals surface area (Å²) >= 11 is 0. The van der Waals surface area contributed by atoms with Gasteiger partial charge in [-0.3, -0.25) is 0 Å². The van der Waals surface area contributed by atoms with Gasteiger partial charge in [-0.2, -0.15) is 0 Å². The van der Waals surface area contributed by atoms with E-state index in [9.17, 15) is 14.3 Å². The number of carbonyl (C=O) groups excluding carboxylic acids is 1. The predicted molar refractivity (Wildman–Crippen MR) is 93.4 cm³/mol. The van der Waals surface area contributed by atoms with Crippen LogP contribution in [0, 0.1) is 11.2 Å². The number of nitrogens with one attached hydrogen (secondary N) is 1. The molecule has 1 heterocycles. The number of urea groups is 1. The monoisotopic (exact) mass is 336 g/mol. The first-order valence-corrected chi connectivity index (χ1v) is 8.72. The van der Waals surface area contributed by atoms with Crippen molar-refractivity contribution in [2.45, 2.75) is 45.4 Å². The van der Waals surface area contributed by atoms with Crippen LogP contribution in [0.15, 0.2) is 24.3 Å². The number of rotatable bonds is 5. The van der Waals surface area contributed by atoms with Crippen LogP contribution < -0.4 is 5.32 Å². The highest BCUT2D eigenvalue weighted by molar-refractivity contribution is 5.74. The van der Waals surface area contributed by atoms with Gasteiger partial charge in [0.05, 0.1) is 0 Å². The maximum absolute atomic E-state index is 14.0. The van der Waals surface area contributed by atoms with E-state index >= 15 is 0 Å². The quantitative estimate of drug-likeness (QED) is 0.867. The van der Waals surface area contributed by atoms with Crippen LogP contribution in [0.25, 0.3) is 0 Å². The average Bonchev–Trinajstić information content (AvgIpc) is 2.60.